The number of imidazole rings is 1. The Labute approximate surface area is 141 Å². The molecule has 1 saturated heterocycles. The standard InChI is InChI=1S/C18H24N4O2/c1-18(2,3)8-15(23)19-9-16(24)22-10-12(11-22)17-20-13-6-4-5-7-14(13)21-17/h4-7,12H,8-11H2,1-3H3,(H,19,23)(H,20,21). The molecule has 2 N–H and O–H groups in total. The van der Waals surface area contributed by atoms with Gasteiger partial charge >= 0.3 is 0 Å². The lowest BCUT2D eigenvalue weighted by molar-refractivity contribution is -0.137. The van der Waals surface area contributed by atoms with Crippen LogP contribution in [0.25, 0.3) is 11.0 Å². The Balaban J connectivity index is 1.47. The van der Waals surface area contributed by atoms with E-state index >= 15 is 0 Å². The summed E-state index contributed by atoms with van der Waals surface area (Å²) in [5, 5.41) is 2.71. The summed E-state index contributed by atoms with van der Waals surface area (Å²) in [4.78, 5) is 33.6. The van der Waals surface area contributed by atoms with Gasteiger partial charge in [0.05, 0.1) is 23.5 Å². The lowest BCUT2D eigenvalue weighted by Crippen LogP contribution is -2.52. The third kappa shape index (κ3) is 3.75. The van der Waals surface area contributed by atoms with E-state index in [0.29, 0.717) is 19.5 Å². The summed E-state index contributed by atoms with van der Waals surface area (Å²) in [5.74, 6) is 1.05. The monoisotopic (exact) mass is 328 g/mol. The van der Waals surface area contributed by atoms with Crippen LogP contribution in [0.2, 0.25) is 0 Å². The highest BCUT2D eigenvalue weighted by atomic mass is 16.2. The van der Waals surface area contributed by atoms with Crippen molar-refractivity contribution in [2.24, 2.45) is 5.41 Å². The number of likely N-dealkylation sites (tertiary alicyclic amines) is 1. The van der Waals surface area contributed by atoms with Gasteiger partial charge in [0.15, 0.2) is 0 Å². The van der Waals surface area contributed by atoms with Crippen molar-refractivity contribution in [1.82, 2.24) is 20.2 Å². The van der Waals surface area contributed by atoms with Crippen LogP contribution in [0.5, 0.6) is 0 Å². The molecule has 0 atom stereocenters. The summed E-state index contributed by atoms with van der Waals surface area (Å²) in [5.41, 5.74) is 1.90. The van der Waals surface area contributed by atoms with Crippen molar-refractivity contribution in [3.63, 3.8) is 0 Å². The van der Waals surface area contributed by atoms with Gasteiger partial charge in [-0.25, -0.2) is 4.98 Å². The minimum atomic E-state index is -0.0785. The maximum absolute atomic E-state index is 12.1. The maximum atomic E-state index is 12.1. The summed E-state index contributed by atoms with van der Waals surface area (Å²) < 4.78 is 0. The first-order chi connectivity index (χ1) is 11.3. The van der Waals surface area contributed by atoms with Gasteiger partial charge in [0.25, 0.3) is 0 Å². The SMILES string of the molecule is CC(C)(C)CC(=O)NCC(=O)N1CC(c2nc3ccccc3[nH]2)C1. The lowest BCUT2D eigenvalue weighted by Gasteiger charge is -2.38. The number of H-pyrrole nitrogens is 1. The van der Waals surface area contributed by atoms with Crippen LogP contribution in [0, 0.1) is 5.41 Å². The molecule has 0 saturated carbocycles. The predicted octanol–water partition coefficient (Wildman–Crippen LogP) is 2.04. The number of rotatable bonds is 4. The molecule has 1 aromatic carbocycles. The largest absolute Gasteiger partial charge is 0.347 e. The molecule has 3 rings (SSSR count). The average Bonchev–Trinajstić information content (AvgIpc) is 2.85. The van der Waals surface area contributed by atoms with E-state index in [-0.39, 0.29) is 29.7 Å². The number of amides is 2. The number of para-hydroxylation sites is 2. The van der Waals surface area contributed by atoms with E-state index in [2.05, 4.69) is 15.3 Å². The molecule has 1 aliphatic rings. The number of hydrogen-bond acceptors (Lipinski definition) is 3. The van der Waals surface area contributed by atoms with Gasteiger partial charge in [0, 0.05) is 19.5 Å². The summed E-state index contributed by atoms with van der Waals surface area (Å²) in [7, 11) is 0. The zero-order chi connectivity index (χ0) is 17.3. The van der Waals surface area contributed by atoms with Crippen molar-refractivity contribution >= 4 is 22.8 Å². The lowest BCUT2D eigenvalue weighted by atomic mass is 9.92. The third-order valence-electron chi connectivity index (χ3n) is 4.16. The van der Waals surface area contributed by atoms with Gasteiger partial charge in [-0.1, -0.05) is 32.9 Å². The van der Waals surface area contributed by atoms with Crippen molar-refractivity contribution in [1.29, 1.82) is 0 Å². The van der Waals surface area contributed by atoms with Crippen LogP contribution in [0.3, 0.4) is 0 Å². The summed E-state index contributed by atoms with van der Waals surface area (Å²) in [6.07, 6.45) is 0.419. The molecule has 128 valence electrons. The molecule has 0 unspecified atom stereocenters. The van der Waals surface area contributed by atoms with Crippen LogP contribution in [-0.4, -0.2) is 46.3 Å². The number of carbonyl (C=O) groups excluding carboxylic acids is 2. The topological polar surface area (TPSA) is 78.1 Å². The highest BCUT2D eigenvalue weighted by Gasteiger charge is 2.33. The Morgan fingerprint density at radius 1 is 1.29 bits per heavy atom. The molecule has 2 heterocycles. The fourth-order valence-corrected chi connectivity index (χ4v) is 2.85. The van der Waals surface area contributed by atoms with Gasteiger partial charge in [-0.15, -0.1) is 0 Å². The van der Waals surface area contributed by atoms with Crippen LogP contribution < -0.4 is 5.32 Å². The second-order valence-corrected chi connectivity index (χ2v) is 7.65. The van der Waals surface area contributed by atoms with E-state index in [4.69, 9.17) is 0 Å². The van der Waals surface area contributed by atoms with Gasteiger partial charge in [0.1, 0.15) is 5.82 Å². The quantitative estimate of drug-likeness (QED) is 0.901. The van der Waals surface area contributed by atoms with E-state index in [0.717, 1.165) is 16.9 Å². The molecule has 0 radical (unpaired) electrons. The maximum Gasteiger partial charge on any atom is 0.242 e. The Morgan fingerprint density at radius 2 is 2.00 bits per heavy atom. The van der Waals surface area contributed by atoms with Crippen molar-refractivity contribution < 1.29 is 9.59 Å². The number of fused-ring (bicyclic) bond motifs is 1. The number of benzene rings is 1. The minimum Gasteiger partial charge on any atom is -0.347 e. The van der Waals surface area contributed by atoms with Crippen LogP contribution in [0.15, 0.2) is 24.3 Å². The van der Waals surface area contributed by atoms with Crippen molar-refractivity contribution in [2.75, 3.05) is 19.6 Å². The number of carbonyl (C=O) groups is 2. The number of aromatic amines is 1. The molecule has 1 aliphatic heterocycles. The summed E-state index contributed by atoms with van der Waals surface area (Å²) in [6, 6.07) is 7.91. The van der Waals surface area contributed by atoms with E-state index in [1.807, 2.05) is 45.0 Å². The van der Waals surface area contributed by atoms with Gasteiger partial charge in [0.2, 0.25) is 11.8 Å². The summed E-state index contributed by atoms with van der Waals surface area (Å²) >= 11 is 0. The van der Waals surface area contributed by atoms with Crippen molar-refractivity contribution in [2.45, 2.75) is 33.1 Å². The van der Waals surface area contributed by atoms with Crippen molar-refractivity contribution in [3.8, 4) is 0 Å². The number of nitrogens with one attached hydrogen (secondary N) is 2. The third-order valence-corrected chi connectivity index (χ3v) is 4.16. The molecule has 0 bridgehead atoms. The number of hydrogen-bond donors (Lipinski definition) is 2. The van der Waals surface area contributed by atoms with Gasteiger partial charge in [-0.3, -0.25) is 9.59 Å². The minimum absolute atomic E-state index is 0.0374. The fourth-order valence-electron chi connectivity index (χ4n) is 2.85. The number of aromatic nitrogens is 2. The Morgan fingerprint density at radius 3 is 2.67 bits per heavy atom. The Hall–Kier alpha value is -2.37. The molecule has 0 aliphatic carbocycles. The van der Waals surface area contributed by atoms with Gasteiger partial charge < -0.3 is 15.2 Å². The molecule has 1 aromatic heterocycles. The second-order valence-electron chi connectivity index (χ2n) is 7.65. The Kier molecular flexibility index (Phi) is 4.30. The first-order valence-corrected chi connectivity index (χ1v) is 8.31. The molecule has 2 amide bonds. The number of nitrogens with zero attached hydrogens (tertiary/aromatic N) is 2. The van der Waals surface area contributed by atoms with Gasteiger partial charge in [-0.2, -0.15) is 0 Å². The molecule has 6 nitrogen and oxygen atoms in total. The van der Waals surface area contributed by atoms with Gasteiger partial charge in [-0.05, 0) is 17.5 Å². The smallest absolute Gasteiger partial charge is 0.242 e. The molecular formula is C18H24N4O2. The molecule has 6 heteroatoms. The zero-order valence-corrected chi connectivity index (χ0v) is 14.4. The van der Waals surface area contributed by atoms with Crippen LogP contribution >= 0.6 is 0 Å². The Bertz CT molecular complexity index is 721. The van der Waals surface area contributed by atoms with E-state index in [9.17, 15) is 9.59 Å². The van der Waals surface area contributed by atoms with Crippen molar-refractivity contribution in [3.05, 3.63) is 30.1 Å². The first kappa shape index (κ1) is 16.5. The van der Waals surface area contributed by atoms with E-state index < -0.39 is 0 Å². The van der Waals surface area contributed by atoms with Crippen LogP contribution in [0.1, 0.15) is 38.9 Å². The van der Waals surface area contributed by atoms with E-state index in [1.54, 1.807) is 4.90 Å². The van der Waals surface area contributed by atoms with Crippen LogP contribution in [-0.2, 0) is 9.59 Å². The molecule has 24 heavy (non-hydrogen) atoms. The normalized spacial score (nSPS) is 15.4. The average molecular weight is 328 g/mol. The molecular weight excluding hydrogens is 304 g/mol. The fraction of sp³-hybridized carbons (Fsp3) is 0.500. The zero-order valence-electron chi connectivity index (χ0n) is 14.4. The predicted molar refractivity (Wildman–Crippen MR) is 92.5 cm³/mol. The second kappa shape index (κ2) is 6.26. The highest BCUT2D eigenvalue weighted by Crippen LogP contribution is 2.26. The molecule has 1 fully saturated rings. The first-order valence-electron chi connectivity index (χ1n) is 8.31. The van der Waals surface area contributed by atoms with Crippen LogP contribution in [0.4, 0.5) is 0 Å². The summed E-state index contributed by atoms with van der Waals surface area (Å²) in [6.45, 7) is 7.37. The molecule has 0 spiro atoms. The molecule has 2 aromatic rings. The van der Waals surface area contributed by atoms with E-state index in [1.165, 1.54) is 0 Å². The highest BCUT2D eigenvalue weighted by molar-refractivity contribution is 5.85.